The average Bonchev–Trinajstić information content (AvgIpc) is 3.07. The van der Waals surface area contributed by atoms with Crippen molar-refractivity contribution in [3.05, 3.63) is 35.4 Å². The fourth-order valence-electron chi connectivity index (χ4n) is 3.81. The van der Waals surface area contributed by atoms with E-state index in [0.717, 1.165) is 5.92 Å². The van der Waals surface area contributed by atoms with E-state index in [1.165, 1.54) is 56.1 Å². The molecule has 1 spiro atoms. The standard InChI is InChI=1S/C16H20O/c1-3-13-4-2-12(1)5-6-14-8-10-16(9-7-13)15(11-14)17-16/h1-4,14-15H,5-11H2/t14?,15-,16+/m0/s1. The van der Waals surface area contributed by atoms with Crippen molar-refractivity contribution in [2.45, 2.75) is 56.7 Å². The number of epoxide rings is 1. The Morgan fingerprint density at radius 3 is 2.47 bits per heavy atom. The summed E-state index contributed by atoms with van der Waals surface area (Å²) in [6, 6.07) is 9.29. The Morgan fingerprint density at radius 1 is 0.941 bits per heavy atom. The Hall–Kier alpha value is -0.820. The van der Waals surface area contributed by atoms with Crippen LogP contribution < -0.4 is 0 Å². The summed E-state index contributed by atoms with van der Waals surface area (Å²) in [5, 5.41) is 0. The molecule has 1 saturated carbocycles. The van der Waals surface area contributed by atoms with Gasteiger partial charge in [0.15, 0.2) is 0 Å². The zero-order valence-corrected chi connectivity index (χ0v) is 10.3. The van der Waals surface area contributed by atoms with Crippen molar-refractivity contribution in [3.8, 4) is 0 Å². The Morgan fingerprint density at radius 2 is 1.71 bits per heavy atom. The van der Waals surface area contributed by atoms with E-state index >= 15 is 0 Å². The summed E-state index contributed by atoms with van der Waals surface area (Å²) >= 11 is 0. The lowest BCUT2D eigenvalue weighted by Crippen LogP contribution is -2.25. The van der Waals surface area contributed by atoms with Crippen molar-refractivity contribution in [2.24, 2.45) is 5.92 Å². The van der Waals surface area contributed by atoms with Crippen LogP contribution in [0, 0.1) is 5.92 Å². The highest BCUT2D eigenvalue weighted by Gasteiger charge is 2.57. The van der Waals surface area contributed by atoms with Crippen LogP contribution in [0.2, 0.25) is 0 Å². The van der Waals surface area contributed by atoms with Crippen LogP contribution in [0.15, 0.2) is 24.3 Å². The van der Waals surface area contributed by atoms with Crippen molar-refractivity contribution in [3.63, 3.8) is 0 Å². The molecule has 1 heteroatoms. The maximum atomic E-state index is 6.05. The smallest absolute Gasteiger partial charge is 0.0951 e. The second kappa shape index (κ2) is 3.58. The van der Waals surface area contributed by atoms with Crippen molar-refractivity contribution >= 4 is 0 Å². The van der Waals surface area contributed by atoms with Crippen molar-refractivity contribution in [2.75, 3.05) is 0 Å². The van der Waals surface area contributed by atoms with Gasteiger partial charge in [0.1, 0.15) is 0 Å². The van der Waals surface area contributed by atoms with Gasteiger partial charge >= 0.3 is 0 Å². The number of ether oxygens (including phenoxy) is 1. The van der Waals surface area contributed by atoms with E-state index in [1.54, 1.807) is 0 Å². The van der Waals surface area contributed by atoms with Crippen LogP contribution in [0.5, 0.6) is 0 Å². The molecule has 0 aromatic heterocycles. The molecule has 0 N–H and O–H groups in total. The molecule has 7 rings (SSSR count). The molecule has 2 fully saturated rings. The van der Waals surface area contributed by atoms with Gasteiger partial charge in [-0.2, -0.15) is 0 Å². The number of aryl methyl sites for hydroxylation is 2. The van der Waals surface area contributed by atoms with Gasteiger partial charge in [0.05, 0.1) is 11.7 Å². The molecule has 6 aliphatic rings. The highest BCUT2D eigenvalue weighted by atomic mass is 16.6. The summed E-state index contributed by atoms with van der Waals surface area (Å²) in [6.45, 7) is 0. The van der Waals surface area contributed by atoms with Gasteiger partial charge in [0.2, 0.25) is 0 Å². The highest BCUT2D eigenvalue weighted by molar-refractivity contribution is 5.24. The Balaban J connectivity index is 1.64. The summed E-state index contributed by atoms with van der Waals surface area (Å²) < 4.78 is 6.05. The van der Waals surface area contributed by atoms with Gasteiger partial charge < -0.3 is 4.74 Å². The molecule has 90 valence electrons. The second-order valence-corrected chi connectivity index (χ2v) is 6.17. The van der Waals surface area contributed by atoms with E-state index in [1.807, 2.05) is 0 Å². The first-order valence-corrected chi connectivity index (χ1v) is 7.10. The molecule has 4 bridgehead atoms. The van der Waals surface area contributed by atoms with Crippen LogP contribution in [0.4, 0.5) is 0 Å². The maximum absolute atomic E-state index is 6.05. The second-order valence-electron chi connectivity index (χ2n) is 6.17. The Labute approximate surface area is 103 Å². The van der Waals surface area contributed by atoms with Crippen LogP contribution in [0.1, 0.15) is 43.2 Å². The quantitative estimate of drug-likeness (QED) is 0.619. The third kappa shape index (κ3) is 1.72. The normalized spacial score (nSPS) is 39.3. The largest absolute Gasteiger partial charge is 0.366 e. The minimum absolute atomic E-state index is 0.300. The van der Waals surface area contributed by atoms with Crippen molar-refractivity contribution in [1.29, 1.82) is 0 Å². The van der Waals surface area contributed by atoms with E-state index in [0.29, 0.717) is 11.7 Å². The number of rotatable bonds is 0. The lowest BCUT2D eigenvalue weighted by molar-refractivity contribution is 0.263. The van der Waals surface area contributed by atoms with Crippen LogP contribution in [0.3, 0.4) is 0 Å². The van der Waals surface area contributed by atoms with E-state index in [-0.39, 0.29) is 0 Å². The molecule has 1 unspecified atom stereocenters. The number of hydrogen-bond acceptors (Lipinski definition) is 1. The van der Waals surface area contributed by atoms with Crippen LogP contribution in [0.25, 0.3) is 0 Å². The molecule has 1 heterocycles. The fourth-order valence-corrected chi connectivity index (χ4v) is 3.81. The van der Waals surface area contributed by atoms with Gasteiger partial charge in [-0.3, -0.25) is 0 Å². The topological polar surface area (TPSA) is 12.5 Å². The molecule has 1 aromatic rings. The predicted molar refractivity (Wildman–Crippen MR) is 68.0 cm³/mol. The SMILES string of the molecule is c1cc2ccc1CCC1CC[C@@]3(CC2)O[C@H]3C1. The fraction of sp³-hybridized carbons (Fsp3) is 0.625. The Kier molecular flexibility index (Phi) is 2.14. The first-order valence-electron chi connectivity index (χ1n) is 7.10. The molecule has 3 atom stereocenters. The van der Waals surface area contributed by atoms with Crippen LogP contribution >= 0.6 is 0 Å². The third-order valence-corrected chi connectivity index (χ3v) is 5.13. The van der Waals surface area contributed by atoms with Gasteiger partial charge in [-0.25, -0.2) is 0 Å². The maximum Gasteiger partial charge on any atom is 0.0951 e. The molecular formula is C16H20O. The minimum Gasteiger partial charge on any atom is -0.366 e. The summed E-state index contributed by atoms with van der Waals surface area (Å²) in [4.78, 5) is 0. The highest BCUT2D eigenvalue weighted by Crippen LogP contribution is 2.53. The van der Waals surface area contributed by atoms with Crippen LogP contribution in [-0.4, -0.2) is 11.7 Å². The Bertz CT molecular complexity index is 422. The van der Waals surface area contributed by atoms with Gasteiger partial charge in [0, 0.05) is 0 Å². The van der Waals surface area contributed by atoms with Gasteiger partial charge in [-0.15, -0.1) is 0 Å². The van der Waals surface area contributed by atoms with Crippen LogP contribution in [-0.2, 0) is 17.6 Å². The van der Waals surface area contributed by atoms with E-state index in [2.05, 4.69) is 24.3 Å². The van der Waals surface area contributed by atoms with E-state index in [4.69, 9.17) is 4.74 Å². The molecular weight excluding hydrogens is 208 g/mol. The monoisotopic (exact) mass is 228 g/mol. The zero-order valence-electron chi connectivity index (χ0n) is 10.3. The lowest BCUT2D eigenvalue weighted by Gasteiger charge is -2.25. The third-order valence-electron chi connectivity index (χ3n) is 5.13. The molecule has 1 aliphatic heterocycles. The molecule has 0 radical (unpaired) electrons. The molecule has 5 aliphatic carbocycles. The molecule has 17 heavy (non-hydrogen) atoms. The summed E-state index contributed by atoms with van der Waals surface area (Å²) in [7, 11) is 0. The first-order chi connectivity index (χ1) is 8.34. The zero-order chi connectivity index (χ0) is 11.3. The van der Waals surface area contributed by atoms with Gasteiger partial charge in [0.25, 0.3) is 0 Å². The van der Waals surface area contributed by atoms with Crippen molar-refractivity contribution in [1.82, 2.24) is 0 Å². The predicted octanol–water partition coefficient (Wildman–Crippen LogP) is 3.50. The summed E-state index contributed by atoms with van der Waals surface area (Å²) in [5.74, 6) is 0.912. The van der Waals surface area contributed by atoms with E-state index in [9.17, 15) is 0 Å². The van der Waals surface area contributed by atoms with Gasteiger partial charge in [-0.05, 0) is 62.0 Å². The number of hydrogen-bond donors (Lipinski definition) is 0. The molecule has 1 nitrogen and oxygen atoms in total. The average molecular weight is 228 g/mol. The lowest BCUT2D eigenvalue weighted by atomic mass is 9.77. The first kappa shape index (κ1) is 10.1. The number of benzene rings is 1. The summed E-state index contributed by atoms with van der Waals surface area (Å²) in [6.07, 6.45) is 9.70. The molecule has 0 amide bonds. The molecule has 1 aromatic carbocycles. The minimum atomic E-state index is 0.300. The summed E-state index contributed by atoms with van der Waals surface area (Å²) in [5.41, 5.74) is 3.30. The van der Waals surface area contributed by atoms with E-state index < -0.39 is 0 Å². The molecule has 1 saturated heterocycles. The van der Waals surface area contributed by atoms with Crippen molar-refractivity contribution < 1.29 is 4.74 Å². The van der Waals surface area contributed by atoms with Gasteiger partial charge in [-0.1, -0.05) is 24.3 Å².